The van der Waals surface area contributed by atoms with E-state index in [0.717, 1.165) is 12.1 Å². The van der Waals surface area contributed by atoms with Crippen LogP contribution in [0.3, 0.4) is 0 Å². The molecule has 23 heavy (non-hydrogen) atoms. The van der Waals surface area contributed by atoms with Gasteiger partial charge in [0.25, 0.3) is 0 Å². The molecule has 0 aliphatic carbocycles. The van der Waals surface area contributed by atoms with E-state index in [0.29, 0.717) is 6.42 Å². The fourth-order valence-corrected chi connectivity index (χ4v) is 2.90. The molecule has 0 fully saturated rings. The Hall–Kier alpha value is -1.31. The molecule has 0 atom stereocenters. The maximum absolute atomic E-state index is 11.9. The van der Waals surface area contributed by atoms with Crippen molar-refractivity contribution in [2.24, 2.45) is 0 Å². The van der Waals surface area contributed by atoms with Gasteiger partial charge in [-0.05, 0) is 31.0 Å². The Balaban J connectivity index is 1.91. The van der Waals surface area contributed by atoms with E-state index in [9.17, 15) is 4.79 Å². The van der Waals surface area contributed by atoms with Gasteiger partial charge in [-0.3, -0.25) is 4.79 Å². The van der Waals surface area contributed by atoms with Crippen LogP contribution in [0.25, 0.3) is 0 Å². The summed E-state index contributed by atoms with van der Waals surface area (Å²) in [6.07, 6.45) is 15.1. The van der Waals surface area contributed by atoms with Crippen LogP contribution in [0.4, 0.5) is 5.69 Å². The summed E-state index contributed by atoms with van der Waals surface area (Å²) in [4.78, 5) is 11.9. The summed E-state index contributed by atoms with van der Waals surface area (Å²) in [6, 6.07) is 7.98. The first kappa shape index (κ1) is 19.7. The Morgan fingerprint density at radius 3 is 2.00 bits per heavy atom. The monoisotopic (exact) mass is 317 g/mol. The Bertz CT molecular complexity index is 428. The third kappa shape index (κ3) is 11.0. The predicted molar refractivity (Wildman–Crippen MR) is 101 cm³/mol. The van der Waals surface area contributed by atoms with Crippen LogP contribution in [0.5, 0.6) is 0 Å². The fraction of sp³-hybridized carbons (Fsp3) is 0.667. The van der Waals surface area contributed by atoms with E-state index in [4.69, 9.17) is 0 Å². The number of amides is 1. The van der Waals surface area contributed by atoms with Crippen LogP contribution < -0.4 is 5.32 Å². The normalized spacial score (nSPS) is 10.7. The van der Waals surface area contributed by atoms with E-state index in [1.165, 1.54) is 69.8 Å². The van der Waals surface area contributed by atoms with E-state index in [2.05, 4.69) is 12.2 Å². The zero-order valence-electron chi connectivity index (χ0n) is 15.2. The topological polar surface area (TPSA) is 29.1 Å². The lowest BCUT2D eigenvalue weighted by molar-refractivity contribution is -0.116. The van der Waals surface area contributed by atoms with Gasteiger partial charge in [0.2, 0.25) is 5.91 Å². The zero-order valence-corrected chi connectivity index (χ0v) is 15.2. The number of hydrogen-bond donors (Lipinski definition) is 1. The quantitative estimate of drug-likeness (QED) is 0.406. The average Bonchev–Trinajstić information content (AvgIpc) is 2.52. The number of nitrogens with one attached hydrogen (secondary N) is 1. The zero-order chi connectivity index (χ0) is 16.8. The van der Waals surface area contributed by atoms with E-state index in [1.54, 1.807) is 0 Å². The van der Waals surface area contributed by atoms with Crippen molar-refractivity contribution in [3.8, 4) is 0 Å². The summed E-state index contributed by atoms with van der Waals surface area (Å²) >= 11 is 0. The Morgan fingerprint density at radius 1 is 0.870 bits per heavy atom. The lowest BCUT2D eigenvalue weighted by Gasteiger charge is -2.06. The average molecular weight is 318 g/mol. The summed E-state index contributed by atoms with van der Waals surface area (Å²) in [5.74, 6) is 0.145. The van der Waals surface area contributed by atoms with Crippen molar-refractivity contribution in [2.75, 3.05) is 5.32 Å². The molecule has 2 heteroatoms. The number of aryl methyl sites for hydroxylation is 1. The van der Waals surface area contributed by atoms with Gasteiger partial charge in [-0.1, -0.05) is 83.3 Å². The molecule has 0 heterocycles. The third-order valence-electron chi connectivity index (χ3n) is 4.31. The highest BCUT2D eigenvalue weighted by atomic mass is 16.1. The molecule has 0 bridgehead atoms. The molecule has 0 aliphatic rings. The first-order chi connectivity index (χ1) is 11.2. The molecule has 1 amide bonds. The third-order valence-corrected chi connectivity index (χ3v) is 4.31. The highest BCUT2D eigenvalue weighted by Crippen LogP contribution is 2.13. The highest BCUT2D eigenvalue weighted by Gasteiger charge is 2.02. The van der Waals surface area contributed by atoms with Crippen molar-refractivity contribution < 1.29 is 4.79 Å². The number of anilines is 1. The molecular weight excluding hydrogens is 282 g/mol. The summed E-state index contributed by atoms with van der Waals surface area (Å²) in [5, 5.41) is 2.98. The molecule has 0 saturated carbocycles. The van der Waals surface area contributed by atoms with Gasteiger partial charge in [0.1, 0.15) is 0 Å². The Kier molecular flexibility index (Phi) is 11.3. The predicted octanol–water partition coefficient (Wildman–Crippen LogP) is 6.63. The van der Waals surface area contributed by atoms with E-state index in [-0.39, 0.29) is 5.91 Å². The fourth-order valence-electron chi connectivity index (χ4n) is 2.90. The molecule has 2 nitrogen and oxygen atoms in total. The van der Waals surface area contributed by atoms with E-state index >= 15 is 0 Å². The van der Waals surface area contributed by atoms with Crippen LogP contribution in [0.15, 0.2) is 24.3 Å². The first-order valence-electron chi connectivity index (χ1n) is 9.59. The lowest BCUT2D eigenvalue weighted by Crippen LogP contribution is -2.11. The van der Waals surface area contributed by atoms with Crippen LogP contribution in [0.2, 0.25) is 0 Å². The molecule has 1 N–H and O–H groups in total. The molecule has 1 aromatic rings. The second-order valence-electron chi connectivity index (χ2n) is 6.70. The lowest BCUT2D eigenvalue weighted by atomic mass is 10.1. The standard InChI is InChI=1S/C21H35NO/c1-3-4-5-6-7-8-9-10-11-12-13-17-21(23)22-20-16-14-15-19(2)18-20/h14-16,18H,3-13,17H2,1-2H3,(H,22,23). The van der Waals surface area contributed by atoms with Gasteiger partial charge in [-0.15, -0.1) is 0 Å². The summed E-state index contributed by atoms with van der Waals surface area (Å²) in [7, 11) is 0. The van der Waals surface area contributed by atoms with Crippen molar-refractivity contribution in [1.82, 2.24) is 0 Å². The molecule has 0 radical (unpaired) electrons. The molecular formula is C21H35NO. The summed E-state index contributed by atoms with van der Waals surface area (Å²) < 4.78 is 0. The van der Waals surface area contributed by atoms with Gasteiger partial charge >= 0.3 is 0 Å². The van der Waals surface area contributed by atoms with Gasteiger partial charge in [-0.25, -0.2) is 0 Å². The molecule has 130 valence electrons. The Morgan fingerprint density at radius 2 is 1.43 bits per heavy atom. The minimum Gasteiger partial charge on any atom is -0.326 e. The van der Waals surface area contributed by atoms with Crippen molar-refractivity contribution >= 4 is 11.6 Å². The van der Waals surface area contributed by atoms with Crippen molar-refractivity contribution in [3.05, 3.63) is 29.8 Å². The van der Waals surface area contributed by atoms with Crippen LogP contribution in [-0.4, -0.2) is 5.91 Å². The highest BCUT2D eigenvalue weighted by molar-refractivity contribution is 5.90. The van der Waals surface area contributed by atoms with Gasteiger partial charge < -0.3 is 5.32 Å². The maximum Gasteiger partial charge on any atom is 0.224 e. The molecule has 0 aliphatic heterocycles. The van der Waals surface area contributed by atoms with Crippen molar-refractivity contribution in [1.29, 1.82) is 0 Å². The Labute approximate surface area is 143 Å². The van der Waals surface area contributed by atoms with Crippen molar-refractivity contribution in [2.45, 2.75) is 90.9 Å². The molecule has 0 saturated heterocycles. The molecule has 1 rings (SSSR count). The first-order valence-corrected chi connectivity index (χ1v) is 9.59. The molecule has 0 spiro atoms. The van der Waals surface area contributed by atoms with Crippen molar-refractivity contribution in [3.63, 3.8) is 0 Å². The smallest absolute Gasteiger partial charge is 0.224 e. The number of unbranched alkanes of at least 4 members (excludes halogenated alkanes) is 10. The number of hydrogen-bond acceptors (Lipinski definition) is 1. The molecule has 0 unspecified atom stereocenters. The van der Waals surface area contributed by atoms with Crippen LogP contribution in [-0.2, 0) is 4.79 Å². The number of carbonyl (C=O) groups is 1. The number of rotatable bonds is 13. The van der Waals surface area contributed by atoms with Crippen LogP contribution >= 0.6 is 0 Å². The minimum absolute atomic E-state index is 0.145. The van der Waals surface area contributed by atoms with Gasteiger partial charge in [-0.2, -0.15) is 0 Å². The van der Waals surface area contributed by atoms with Gasteiger partial charge in [0.05, 0.1) is 0 Å². The van der Waals surface area contributed by atoms with Gasteiger partial charge in [0, 0.05) is 12.1 Å². The molecule has 0 aromatic heterocycles. The molecule has 1 aromatic carbocycles. The second-order valence-corrected chi connectivity index (χ2v) is 6.70. The summed E-state index contributed by atoms with van der Waals surface area (Å²) in [6.45, 7) is 4.31. The second kappa shape index (κ2) is 13.2. The van der Waals surface area contributed by atoms with E-state index < -0.39 is 0 Å². The van der Waals surface area contributed by atoms with Crippen LogP contribution in [0.1, 0.15) is 89.5 Å². The van der Waals surface area contributed by atoms with Gasteiger partial charge in [0.15, 0.2) is 0 Å². The maximum atomic E-state index is 11.9. The largest absolute Gasteiger partial charge is 0.326 e. The SMILES string of the molecule is CCCCCCCCCCCCCC(=O)Nc1cccc(C)c1. The van der Waals surface area contributed by atoms with E-state index in [1.807, 2.05) is 31.2 Å². The number of carbonyl (C=O) groups excluding carboxylic acids is 1. The summed E-state index contributed by atoms with van der Waals surface area (Å²) in [5.41, 5.74) is 2.09. The van der Waals surface area contributed by atoms with Crippen LogP contribution in [0, 0.1) is 6.92 Å². The number of benzene rings is 1. The minimum atomic E-state index is 0.145.